The van der Waals surface area contributed by atoms with Crippen LogP contribution in [-0.2, 0) is 4.79 Å². The molecule has 0 aliphatic rings. The third-order valence-corrected chi connectivity index (χ3v) is 1.93. The van der Waals surface area contributed by atoms with Gasteiger partial charge in [-0.05, 0) is 12.8 Å². The van der Waals surface area contributed by atoms with E-state index in [4.69, 9.17) is 5.11 Å². The van der Waals surface area contributed by atoms with Crippen molar-refractivity contribution in [2.75, 3.05) is 0 Å². The summed E-state index contributed by atoms with van der Waals surface area (Å²) in [5.74, 6) is -1.38. The van der Waals surface area contributed by atoms with E-state index in [1.165, 1.54) is 6.92 Å². The molecule has 0 aromatic carbocycles. The van der Waals surface area contributed by atoms with Gasteiger partial charge in [-0.15, -0.1) is 0 Å². The zero-order valence-electron chi connectivity index (χ0n) is 8.93. The van der Waals surface area contributed by atoms with Crippen LogP contribution in [0.1, 0.15) is 27.2 Å². The molecule has 0 bridgehead atoms. The number of carbonyl (C=O) groups is 1. The van der Waals surface area contributed by atoms with Crippen molar-refractivity contribution in [3.05, 3.63) is 0 Å². The largest absolute Gasteiger partial charge is 0.480 e. The summed E-state index contributed by atoms with van der Waals surface area (Å²) in [6.45, 7) is 4.62. The molecule has 0 aromatic rings. The van der Waals surface area contributed by atoms with E-state index in [9.17, 15) is 18.0 Å². The van der Waals surface area contributed by atoms with Crippen molar-refractivity contribution >= 4 is 5.97 Å². The molecule has 2 atom stereocenters. The van der Waals surface area contributed by atoms with E-state index in [2.05, 4.69) is 5.32 Å². The van der Waals surface area contributed by atoms with Gasteiger partial charge >= 0.3 is 12.1 Å². The van der Waals surface area contributed by atoms with Crippen LogP contribution in [-0.4, -0.2) is 29.3 Å². The number of hydrogen-bond acceptors (Lipinski definition) is 2. The van der Waals surface area contributed by atoms with Crippen LogP contribution in [0.3, 0.4) is 0 Å². The van der Waals surface area contributed by atoms with Crippen LogP contribution in [0.15, 0.2) is 0 Å². The maximum Gasteiger partial charge on any atom is 0.390 e. The van der Waals surface area contributed by atoms with Crippen LogP contribution >= 0.6 is 0 Å². The predicted molar refractivity (Wildman–Crippen MR) is 49.5 cm³/mol. The minimum absolute atomic E-state index is 0.252. The molecule has 0 radical (unpaired) electrons. The SMILES string of the molecule is CC(CC(F)(F)F)NC(C(=O)O)C(C)C. The molecule has 0 amide bonds. The zero-order valence-corrected chi connectivity index (χ0v) is 8.93. The summed E-state index contributed by atoms with van der Waals surface area (Å²) >= 11 is 0. The fourth-order valence-corrected chi connectivity index (χ4v) is 1.26. The third-order valence-electron chi connectivity index (χ3n) is 1.93. The molecule has 0 aliphatic heterocycles. The van der Waals surface area contributed by atoms with Crippen molar-refractivity contribution in [3.8, 4) is 0 Å². The van der Waals surface area contributed by atoms with Crippen molar-refractivity contribution in [2.24, 2.45) is 5.92 Å². The molecular formula is C9H16F3NO2. The van der Waals surface area contributed by atoms with Crippen molar-refractivity contribution in [1.29, 1.82) is 0 Å². The molecule has 3 nitrogen and oxygen atoms in total. The topological polar surface area (TPSA) is 49.3 Å². The maximum absolute atomic E-state index is 12.0. The Labute approximate surface area is 86.7 Å². The average Bonchev–Trinajstić information content (AvgIpc) is 1.95. The molecule has 6 heteroatoms. The number of aliphatic carboxylic acids is 1. The van der Waals surface area contributed by atoms with Crippen molar-refractivity contribution in [1.82, 2.24) is 5.32 Å². The Morgan fingerprint density at radius 1 is 1.33 bits per heavy atom. The monoisotopic (exact) mass is 227 g/mol. The molecule has 15 heavy (non-hydrogen) atoms. The van der Waals surface area contributed by atoms with Crippen molar-refractivity contribution in [3.63, 3.8) is 0 Å². The smallest absolute Gasteiger partial charge is 0.390 e. The quantitative estimate of drug-likeness (QED) is 0.755. The average molecular weight is 227 g/mol. The summed E-state index contributed by atoms with van der Waals surface area (Å²) in [7, 11) is 0. The number of hydrogen-bond donors (Lipinski definition) is 2. The number of halogens is 3. The highest BCUT2D eigenvalue weighted by molar-refractivity contribution is 5.73. The highest BCUT2D eigenvalue weighted by Gasteiger charge is 2.32. The Bertz CT molecular complexity index is 216. The lowest BCUT2D eigenvalue weighted by Gasteiger charge is -2.23. The van der Waals surface area contributed by atoms with E-state index >= 15 is 0 Å². The number of carboxylic acids is 1. The van der Waals surface area contributed by atoms with E-state index in [-0.39, 0.29) is 5.92 Å². The minimum atomic E-state index is -4.27. The fraction of sp³-hybridized carbons (Fsp3) is 0.889. The van der Waals surface area contributed by atoms with Crippen LogP contribution in [0.4, 0.5) is 13.2 Å². The number of rotatable bonds is 5. The molecule has 0 rings (SSSR count). The predicted octanol–water partition coefficient (Wildman–Crippen LogP) is 2.03. The van der Waals surface area contributed by atoms with E-state index in [0.29, 0.717) is 0 Å². The maximum atomic E-state index is 12.0. The van der Waals surface area contributed by atoms with Gasteiger partial charge in [0.05, 0.1) is 6.42 Å². The summed E-state index contributed by atoms with van der Waals surface area (Å²) in [6, 6.07) is -1.84. The molecule has 2 unspecified atom stereocenters. The highest BCUT2D eigenvalue weighted by atomic mass is 19.4. The fourth-order valence-electron chi connectivity index (χ4n) is 1.26. The Kier molecular flexibility index (Phi) is 5.07. The molecule has 0 saturated carbocycles. The summed E-state index contributed by atoms with van der Waals surface area (Å²) in [4.78, 5) is 10.7. The summed E-state index contributed by atoms with van der Waals surface area (Å²) < 4.78 is 35.9. The van der Waals surface area contributed by atoms with Crippen LogP contribution in [0.2, 0.25) is 0 Å². The van der Waals surface area contributed by atoms with E-state index in [1.807, 2.05) is 0 Å². The second-order valence-electron chi connectivity index (χ2n) is 3.95. The van der Waals surface area contributed by atoms with Gasteiger partial charge in [-0.3, -0.25) is 4.79 Å². The standard InChI is InChI=1S/C9H16F3NO2/c1-5(2)7(8(14)15)13-6(3)4-9(10,11)12/h5-7,13H,4H2,1-3H3,(H,14,15). The first kappa shape index (κ1) is 14.2. The molecule has 0 aliphatic carbocycles. The number of carboxylic acid groups (broad SMARTS) is 1. The molecule has 0 aromatic heterocycles. The van der Waals surface area contributed by atoms with Crippen LogP contribution in [0, 0.1) is 5.92 Å². The first-order valence-electron chi connectivity index (χ1n) is 4.69. The van der Waals surface area contributed by atoms with Crippen LogP contribution in [0.5, 0.6) is 0 Å². The zero-order chi connectivity index (χ0) is 12.2. The van der Waals surface area contributed by atoms with E-state index < -0.39 is 30.7 Å². The minimum Gasteiger partial charge on any atom is -0.480 e. The van der Waals surface area contributed by atoms with Gasteiger partial charge in [0.25, 0.3) is 0 Å². The first-order chi connectivity index (χ1) is 6.63. The molecule has 0 fully saturated rings. The Hall–Kier alpha value is -0.780. The summed E-state index contributed by atoms with van der Waals surface area (Å²) in [5, 5.41) is 11.2. The highest BCUT2D eigenvalue weighted by Crippen LogP contribution is 2.21. The van der Waals surface area contributed by atoms with E-state index in [1.54, 1.807) is 13.8 Å². The van der Waals surface area contributed by atoms with Gasteiger partial charge < -0.3 is 10.4 Å². The lowest BCUT2D eigenvalue weighted by Crippen LogP contribution is -2.46. The Morgan fingerprint density at radius 2 is 1.80 bits per heavy atom. The molecular weight excluding hydrogens is 211 g/mol. The third kappa shape index (κ3) is 6.33. The Balaban J connectivity index is 4.24. The second-order valence-corrected chi connectivity index (χ2v) is 3.95. The normalized spacial score (nSPS) is 16.5. The van der Waals surface area contributed by atoms with Crippen molar-refractivity contribution in [2.45, 2.75) is 45.5 Å². The molecule has 0 spiro atoms. The summed E-state index contributed by atoms with van der Waals surface area (Å²) in [6.07, 6.45) is -5.30. The number of nitrogens with one attached hydrogen (secondary N) is 1. The Morgan fingerprint density at radius 3 is 2.07 bits per heavy atom. The van der Waals surface area contributed by atoms with Gasteiger partial charge in [0, 0.05) is 6.04 Å². The van der Waals surface area contributed by atoms with Crippen molar-refractivity contribution < 1.29 is 23.1 Å². The second kappa shape index (κ2) is 5.34. The molecule has 0 saturated heterocycles. The molecule has 90 valence electrons. The van der Waals surface area contributed by atoms with Gasteiger partial charge in [0.2, 0.25) is 0 Å². The number of alkyl halides is 3. The lowest BCUT2D eigenvalue weighted by atomic mass is 10.0. The van der Waals surface area contributed by atoms with Crippen LogP contribution < -0.4 is 5.32 Å². The first-order valence-corrected chi connectivity index (χ1v) is 4.69. The van der Waals surface area contributed by atoms with Gasteiger partial charge in [0.1, 0.15) is 6.04 Å². The lowest BCUT2D eigenvalue weighted by molar-refractivity contribution is -0.146. The van der Waals surface area contributed by atoms with E-state index in [0.717, 1.165) is 0 Å². The van der Waals surface area contributed by atoms with Gasteiger partial charge in [-0.1, -0.05) is 13.8 Å². The molecule has 2 N–H and O–H groups in total. The van der Waals surface area contributed by atoms with Gasteiger partial charge in [-0.25, -0.2) is 0 Å². The summed E-state index contributed by atoms with van der Waals surface area (Å²) in [5.41, 5.74) is 0. The van der Waals surface area contributed by atoms with Gasteiger partial charge in [-0.2, -0.15) is 13.2 Å². The van der Waals surface area contributed by atoms with Gasteiger partial charge in [0.15, 0.2) is 0 Å². The molecule has 0 heterocycles. The van der Waals surface area contributed by atoms with Crippen LogP contribution in [0.25, 0.3) is 0 Å².